The van der Waals surface area contributed by atoms with Gasteiger partial charge in [-0.2, -0.15) is 0 Å². The zero-order valence-electron chi connectivity index (χ0n) is 13.2. The van der Waals surface area contributed by atoms with E-state index >= 15 is 0 Å². The van der Waals surface area contributed by atoms with Gasteiger partial charge < -0.3 is 10.4 Å². The second-order valence-corrected chi connectivity index (χ2v) is 7.69. The summed E-state index contributed by atoms with van der Waals surface area (Å²) in [7, 11) is 0. The maximum atomic E-state index is 12.7. The van der Waals surface area contributed by atoms with E-state index < -0.39 is 5.97 Å². The summed E-state index contributed by atoms with van der Waals surface area (Å²) in [6.07, 6.45) is 5.23. The smallest absolute Gasteiger partial charge is 0.306 e. The Hall–Kier alpha value is -1.84. The lowest BCUT2D eigenvalue weighted by atomic mass is 9.71. The molecule has 122 valence electrons. The molecule has 4 nitrogen and oxygen atoms in total. The van der Waals surface area contributed by atoms with Crippen LogP contribution in [-0.2, 0) is 16.0 Å². The highest BCUT2D eigenvalue weighted by Gasteiger charge is 2.54. The van der Waals surface area contributed by atoms with E-state index in [0.717, 1.165) is 38.5 Å². The molecular weight excluding hydrogens is 290 g/mol. The number of carboxylic acid groups (broad SMARTS) is 1. The summed E-state index contributed by atoms with van der Waals surface area (Å²) in [4.78, 5) is 23.8. The first-order valence-corrected chi connectivity index (χ1v) is 8.65. The van der Waals surface area contributed by atoms with Crippen LogP contribution in [-0.4, -0.2) is 23.0 Å². The van der Waals surface area contributed by atoms with Crippen molar-refractivity contribution in [2.45, 2.75) is 44.6 Å². The van der Waals surface area contributed by atoms with Gasteiger partial charge in [0.2, 0.25) is 5.91 Å². The fourth-order valence-corrected chi connectivity index (χ4v) is 4.54. The molecule has 3 aliphatic rings. The molecule has 0 saturated heterocycles. The highest BCUT2D eigenvalue weighted by molar-refractivity contribution is 5.86. The molecule has 1 aromatic rings. The second-order valence-electron chi connectivity index (χ2n) is 7.69. The number of carbonyl (C=O) groups excluding carboxylic acids is 1. The molecule has 3 fully saturated rings. The molecule has 1 unspecified atom stereocenters. The molecule has 0 aromatic heterocycles. The number of aliphatic carboxylic acids is 1. The van der Waals surface area contributed by atoms with Crippen molar-refractivity contribution >= 4 is 11.9 Å². The Morgan fingerprint density at radius 1 is 1.13 bits per heavy atom. The first-order valence-electron chi connectivity index (χ1n) is 8.65. The van der Waals surface area contributed by atoms with E-state index in [1.165, 1.54) is 5.56 Å². The number of carbonyl (C=O) groups is 2. The van der Waals surface area contributed by atoms with Gasteiger partial charge in [-0.3, -0.25) is 9.59 Å². The number of fused-ring (bicyclic) bond motifs is 1. The summed E-state index contributed by atoms with van der Waals surface area (Å²) < 4.78 is 0. The van der Waals surface area contributed by atoms with Crippen molar-refractivity contribution in [3.63, 3.8) is 0 Å². The average Bonchev–Trinajstić information content (AvgIpc) is 3.22. The van der Waals surface area contributed by atoms with Gasteiger partial charge in [-0.1, -0.05) is 30.3 Å². The van der Waals surface area contributed by atoms with Gasteiger partial charge >= 0.3 is 5.97 Å². The third kappa shape index (κ3) is 2.64. The molecule has 3 saturated carbocycles. The minimum atomic E-state index is -0.674. The molecule has 2 N–H and O–H groups in total. The van der Waals surface area contributed by atoms with Crippen molar-refractivity contribution in [2.24, 2.45) is 23.2 Å². The molecule has 1 aromatic carbocycles. The Kier molecular flexibility index (Phi) is 3.43. The topological polar surface area (TPSA) is 66.4 Å². The highest BCUT2D eigenvalue weighted by atomic mass is 16.4. The lowest BCUT2D eigenvalue weighted by molar-refractivity contribution is -0.141. The molecule has 3 aliphatic carbocycles. The van der Waals surface area contributed by atoms with Crippen molar-refractivity contribution in [3.8, 4) is 0 Å². The minimum Gasteiger partial charge on any atom is -0.481 e. The maximum absolute atomic E-state index is 12.7. The zero-order chi connectivity index (χ0) is 16.0. The Labute approximate surface area is 136 Å². The Morgan fingerprint density at radius 3 is 2.52 bits per heavy atom. The average molecular weight is 313 g/mol. The van der Waals surface area contributed by atoms with E-state index in [0.29, 0.717) is 11.8 Å². The number of benzene rings is 1. The van der Waals surface area contributed by atoms with Gasteiger partial charge in [0, 0.05) is 6.04 Å². The van der Waals surface area contributed by atoms with Gasteiger partial charge in [-0.05, 0) is 55.9 Å². The molecule has 0 bridgehead atoms. The van der Waals surface area contributed by atoms with Gasteiger partial charge in [-0.25, -0.2) is 0 Å². The SMILES string of the molecule is O=C(O)C1C[C@@H]2C[C@H](NC(=O)C3(Cc4ccccc4)CC3)[C@@H]2C1. The van der Waals surface area contributed by atoms with Crippen molar-refractivity contribution in [1.82, 2.24) is 5.32 Å². The van der Waals surface area contributed by atoms with Gasteiger partial charge in [0.15, 0.2) is 0 Å². The summed E-state index contributed by atoms with van der Waals surface area (Å²) in [5.41, 5.74) is 1.01. The summed E-state index contributed by atoms with van der Waals surface area (Å²) in [6.45, 7) is 0. The van der Waals surface area contributed by atoms with Crippen LogP contribution >= 0.6 is 0 Å². The number of carboxylic acids is 1. The predicted octanol–water partition coefficient (Wildman–Crippen LogP) is 2.62. The number of hydrogen-bond donors (Lipinski definition) is 2. The number of nitrogens with one attached hydrogen (secondary N) is 1. The largest absolute Gasteiger partial charge is 0.481 e. The van der Waals surface area contributed by atoms with Gasteiger partial charge in [0.25, 0.3) is 0 Å². The fourth-order valence-electron chi connectivity index (χ4n) is 4.54. The molecule has 1 amide bonds. The minimum absolute atomic E-state index is 0.184. The summed E-state index contributed by atoms with van der Waals surface area (Å²) in [6, 6.07) is 10.4. The zero-order valence-corrected chi connectivity index (χ0v) is 13.2. The molecule has 23 heavy (non-hydrogen) atoms. The van der Waals surface area contributed by atoms with Crippen LogP contribution in [0.5, 0.6) is 0 Å². The van der Waals surface area contributed by atoms with Crippen molar-refractivity contribution in [3.05, 3.63) is 35.9 Å². The van der Waals surface area contributed by atoms with Crippen molar-refractivity contribution in [2.75, 3.05) is 0 Å². The summed E-state index contributed by atoms with van der Waals surface area (Å²) in [5, 5.41) is 12.4. The summed E-state index contributed by atoms with van der Waals surface area (Å²) >= 11 is 0. The van der Waals surface area contributed by atoms with Crippen LogP contribution in [0.1, 0.15) is 37.7 Å². The van der Waals surface area contributed by atoms with Gasteiger partial charge in [0.05, 0.1) is 11.3 Å². The van der Waals surface area contributed by atoms with Crippen LogP contribution in [0, 0.1) is 23.2 Å². The molecule has 4 atom stereocenters. The molecule has 4 heteroatoms. The van der Waals surface area contributed by atoms with E-state index in [-0.39, 0.29) is 23.3 Å². The molecule has 0 aliphatic heterocycles. The number of amides is 1. The van der Waals surface area contributed by atoms with Crippen LogP contribution in [0.25, 0.3) is 0 Å². The van der Waals surface area contributed by atoms with Crippen LogP contribution < -0.4 is 5.32 Å². The quantitative estimate of drug-likeness (QED) is 0.878. The van der Waals surface area contributed by atoms with Crippen LogP contribution in [0.3, 0.4) is 0 Å². The van der Waals surface area contributed by atoms with Crippen LogP contribution in [0.4, 0.5) is 0 Å². The van der Waals surface area contributed by atoms with E-state index in [2.05, 4.69) is 17.4 Å². The normalized spacial score (nSPS) is 33.4. The predicted molar refractivity (Wildman–Crippen MR) is 85.7 cm³/mol. The number of hydrogen-bond acceptors (Lipinski definition) is 2. The molecular formula is C19H23NO3. The van der Waals surface area contributed by atoms with Crippen LogP contribution in [0.15, 0.2) is 30.3 Å². The molecule has 0 spiro atoms. The van der Waals surface area contributed by atoms with Crippen molar-refractivity contribution < 1.29 is 14.7 Å². The van der Waals surface area contributed by atoms with Crippen LogP contribution in [0.2, 0.25) is 0 Å². The summed E-state index contributed by atoms with van der Waals surface area (Å²) in [5.74, 6) is 0.195. The number of rotatable bonds is 5. The monoisotopic (exact) mass is 313 g/mol. The Bertz CT molecular complexity index is 623. The van der Waals surface area contributed by atoms with E-state index in [1.807, 2.05) is 18.2 Å². The fraction of sp³-hybridized carbons (Fsp3) is 0.579. The second kappa shape index (κ2) is 5.36. The third-order valence-corrected chi connectivity index (χ3v) is 6.21. The maximum Gasteiger partial charge on any atom is 0.306 e. The van der Waals surface area contributed by atoms with E-state index in [9.17, 15) is 9.59 Å². The molecule has 0 radical (unpaired) electrons. The van der Waals surface area contributed by atoms with Crippen molar-refractivity contribution in [1.29, 1.82) is 0 Å². The Morgan fingerprint density at radius 2 is 1.87 bits per heavy atom. The van der Waals surface area contributed by atoms with E-state index in [4.69, 9.17) is 5.11 Å². The molecule has 4 rings (SSSR count). The standard InChI is InChI=1S/C19H23NO3/c21-17(22)14-8-13-10-16(15(13)9-14)20-18(23)19(6-7-19)11-12-4-2-1-3-5-12/h1-5,13-16H,6-11H2,(H,20,23)(H,21,22)/t13-,14?,15-,16+/m1/s1. The first kappa shape index (κ1) is 14.7. The molecule has 0 heterocycles. The lowest BCUT2D eigenvalue weighted by Gasteiger charge is -2.41. The van der Waals surface area contributed by atoms with E-state index in [1.54, 1.807) is 0 Å². The lowest BCUT2D eigenvalue weighted by Crippen LogP contribution is -2.52. The van der Waals surface area contributed by atoms with Gasteiger partial charge in [-0.15, -0.1) is 0 Å². The Balaban J connectivity index is 1.35. The van der Waals surface area contributed by atoms with Gasteiger partial charge in [0.1, 0.15) is 0 Å². The highest BCUT2D eigenvalue weighted by Crippen LogP contribution is 2.52. The third-order valence-electron chi connectivity index (χ3n) is 6.21. The first-order chi connectivity index (χ1) is 11.1.